The van der Waals surface area contributed by atoms with E-state index in [9.17, 15) is 0 Å². The average Bonchev–Trinajstić information content (AvgIpc) is 2.87. The summed E-state index contributed by atoms with van der Waals surface area (Å²) in [7, 11) is 1.63. The van der Waals surface area contributed by atoms with Crippen molar-refractivity contribution in [3.8, 4) is 0 Å². The van der Waals surface area contributed by atoms with E-state index in [0.717, 1.165) is 42.7 Å². The first-order valence-corrected chi connectivity index (χ1v) is 7.60. The molecule has 0 N–H and O–H groups in total. The quantitative estimate of drug-likeness (QED) is 0.632. The number of aromatic nitrogens is 1. The van der Waals surface area contributed by atoms with Gasteiger partial charge in [-0.05, 0) is 0 Å². The zero-order valence-electron chi connectivity index (χ0n) is 11.2. The van der Waals surface area contributed by atoms with Crippen LogP contribution in [0.15, 0.2) is 12.5 Å². The first-order chi connectivity index (χ1) is 9.78. The summed E-state index contributed by atoms with van der Waals surface area (Å²) in [4.78, 5) is 8.15. The summed E-state index contributed by atoms with van der Waals surface area (Å²) in [5.41, 5.74) is 2.11. The van der Waals surface area contributed by atoms with Gasteiger partial charge in [-0.3, -0.25) is 4.42 Å². The van der Waals surface area contributed by atoms with Crippen molar-refractivity contribution in [1.82, 2.24) is 14.3 Å². The summed E-state index contributed by atoms with van der Waals surface area (Å²) in [6, 6.07) is 0. The lowest BCUT2D eigenvalue weighted by atomic mass is 10.2. The van der Waals surface area contributed by atoms with Crippen LogP contribution in [-0.2, 0) is 16.0 Å². The molecule has 0 spiro atoms. The van der Waals surface area contributed by atoms with E-state index >= 15 is 0 Å². The molecule has 7 heteroatoms. The number of nitrogens with zero attached hydrogens (tertiary/aromatic N) is 3. The fourth-order valence-corrected chi connectivity index (χ4v) is 3.53. The van der Waals surface area contributed by atoms with E-state index in [1.54, 1.807) is 29.1 Å². The Hall–Kier alpha value is -1.24. The second kappa shape index (κ2) is 6.03. The molecule has 5 nitrogen and oxygen atoms in total. The topological polar surface area (TPSA) is 37.8 Å². The van der Waals surface area contributed by atoms with Gasteiger partial charge in [0.1, 0.15) is 10.7 Å². The van der Waals surface area contributed by atoms with Crippen LogP contribution in [0.2, 0.25) is 0 Å². The van der Waals surface area contributed by atoms with Gasteiger partial charge in [0.15, 0.2) is 0 Å². The molecule has 108 valence electrons. The number of morpholine rings is 1. The molecule has 0 aliphatic carbocycles. The molecule has 1 aromatic rings. The van der Waals surface area contributed by atoms with Gasteiger partial charge in [-0.1, -0.05) is 0 Å². The van der Waals surface area contributed by atoms with Crippen molar-refractivity contribution >= 4 is 34.9 Å². The van der Waals surface area contributed by atoms with Crippen LogP contribution in [0, 0.1) is 0 Å². The van der Waals surface area contributed by atoms with Crippen molar-refractivity contribution in [2.45, 2.75) is 6.54 Å². The SMILES string of the molecule is COC=Cc1nc2c(s1)CN(Cl)C=C2N1CCOCC1. The zero-order chi connectivity index (χ0) is 13.9. The predicted octanol–water partition coefficient (Wildman–Crippen LogP) is 2.36. The van der Waals surface area contributed by atoms with Gasteiger partial charge in [-0.2, -0.15) is 0 Å². The predicted molar refractivity (Wildman–Crippen MR) is 79.9 cm³/mol. The van der Waals surface area contributed by atoms with Gasteiger partial charge in [0, 0.05) is 37.1 Å². The molecule has 2 aliphatic heterocycles. The number of hydrogen-bond acceptors (Lipinski definition) is 6. The zero-order valence-corrected chi connectivity index (χ0v) is 12.8. The molecule has 2 aliphatic rings. The summed E-state index contributed by atoms with van der Waals surface area (Å²) in [5, 5.41) is 0.933. The summed E-state index contributed by atoms with van der Waals surface area (Å²) >= 11 is 7.85. The van der Waals surface area contributed by atoms with Gasteiger partial charge >= 0.3 is 0 Å². The Balaban J connectivity index is 1.90. The maximum atomic E-state index is 6.21. The third-order valence-corrected chi connectivity index (χ3v) is 4.43. The second-order valence-electron chi connectivity index (χ2n) is 4.53. The van der Waals surface area contributed by atoms with E-state index < -0.39 is 0 Å². The van der Waals surface area contributed by atoms with E-state index in [-0.39, 0.29) is 0 Å². The highest BCUT2D eigenvalue weighted by atomic mass is 35.5. The first-order valence-electron chi connectivity index (χ1n) is 6.44. The molecule has 0 unspecified atom stereocenters. The van der Waals surface area contributed by atoms with Crippen molar-refractivity contribution in [1.29, 1.82) is 0 Å². The Bertz CT molecular complexity index is 538. The van der Waals surface area contributed by atoms with Gasteiger partial charge in [-0.15, -0.1) is 11.3 Å². The fraction of sp³-hybridized carbons (Fsp3) is 0.462. The molecule has 1 saturated heterocycles. The van der Waals surface area contributed by atoms with Crippen LogP contribution in [-0.4, -0.2) is 47.7 Å². The largest absolute Gasteiger partial charge is 0.504 e. The van der Waals surface area contributed by atoms with Crippen LogP contribution in [0.4, 0.5) is 0 Å². The van der Waals surface area contributed by atoms with E-state index in [2.05, 4.69) is 4.90 Å². The highest BCUT2D eigenvalue weighted by Gasteiger charge is 2.26. The molecule has 1 aromatic heterocycles. The number of thiazole rings is 1. The third kappa shape index (κ3) is 2.77. The van der Waals surface area contributed by atoms with Crippen molar-refractivity contribution in [2.75, 3.05) is 33.4 Å². The molecular weight excluding hydrogens is 298 g/mol. The maximum Gasteiger partial charge on any atom is 0.120 e. The molecular formula is C13H16ClN3O2S. The number of halogens is 1. The maximum absolute atomic E-state index is 6.21. The fourth-order valence-electron chi connectivity index (χ4n) is 2.29. The Morgan fingerprint density at radius 3 is 3.00 bits per heavy atom. The van der Waals surface area contributed by atoms with Gasteiger partial charge in [0.2, 0.25) is 0 Å². The lowest BCUT2D eigenvalue weighted by Crippen LogP contribution is -2.36. The number of methoxy groups -OCH3 is 1. The summed E-state index contributed by atoms with van der Waals surface area (Å²) in [6.45, 7) is 3.92. The summed E-state index contributed by atoms with van der Waals surface area (Å²) in [5.74, 6) is 0. The van der Waals surface area contributed by atoms with Crippen LogP contribution >= 0.6 is 23.1 Å². The van der Waals surface area contributed by atoms with E-state index in [0.29, 0.717) is 6.54 Å². The van der Waals surface area contributed by atoms with Crippen molar-refractivity contribution in [3.05, 3.63) is 28.0 Å². The molecule has 0 radical (unpaired) electrons. The third-order valence-electron chi connectivity index (χ3n) is 3.21. The summed E-state index contributed by atoms with van der Waals surface area (Å²) < 4.78 is 12.0. The van der Waals surface area contributed by atoms with Crippen molar-refractivity contribution in [2.24, 2.45) is 0 Å². The lowest BCUT2D eigenvalue weighted by molar-refractivity contribution is 0.0633. The van der Waals surface area contributed by atoms with Gasteiger partial charge in [0.05, 0.1) is 43.7 Å². The molecule has 3 rings (SSSR count). The average molecular weight is 314 g/mol. The molecule has 0 amide bonds. The number of hydrogen-bond donors (Lipinski definition) is 0. The summed E-state index contributed by atoms with van der Waals surface area (Å²) in [6.07, 6.45) is 5.47. The van der Waals surface area contributed by atoms with Gasteiger partial charge < -0.3 is 14.4 Å². The molecule has 20 heavy (non-hydrogen) atoms. The second-order valence-corrected chi connectivity index (χ2v) is 6.08. The lowest BCUT2D eigenvalue weighted by Gasteiger charge is -2.33. The van der Waals surface area contributed by atoms with E-state index in [4.69, 9.17) is 26.2 Å². The molecule has 0 saturated carbocycles. The molecule has 3 heterocycles. The van der Waals surface area contributed by atoms with Gasteiger partial charge in [-0.25, -0.2) is 4.98 Å². The molecule has 0 bridgehead atoms. The van der Waals surface area contributed by atoms with Crippen molar-refractivity contribution < 1.29 is 9.47 Å². The highest BCUT2D eigenvalue weighted by Crippen LogP contribution is 2.34. The smallest absolute Gasteiger partial charge is 0.120 e. The van der Waals surface area contributed by atoms with Crippen LogP contribution < -0.4 is 0 Å². The first kappa shape index (κ1) is 13.7. The Kier molecular flexibility index (Phi) is 4.14. The monoisotopic (exact) mass is 313 g/mol. The Morgan fingerprint density at radius 1 is 1.45 bits per heavy atom. The van der Waals surface area contributed by atoms with E-state index in [1.807, 2.05) is 12.3 Å². The molecule has 0 aromatic carbocycles. The number of ether oxygens (including phenoxy) is 2. The normalized spacial score (nSPS) is 19.2. The molecule has 0 atom stereocenters. The van der Waals surface area contributed by atoms with Crippen LogP contribution in [0.3, 0.4) is 0 Å². The minimum atomic E-state index is 0.684. The van der Waals surface area contributed by atoms with Crippen LogP contribution in [0.1, 0.15) is 15.6 Å². The Labute approximate surface area is 127 Å². The van der Waals surface area contributed by atoms with Gasteiger partial charge in [0.25, 0.3) is 0 Å². The minimum absolute atomic E-state index is 0.684. The standard InChI is InChI=1S/C13H16ClN3O2S/c1-18-5-2-12-15-13-10(16-3-6-19-7-4-16)8-17(14)9-11(13)20-12/h2,5,8H,3-4,6-7,9H2,1H3. The number of rotatable bonds is 3. The molecule has 1 fully saturated rings. The Morgan fingerprint density at radius 2 is 2.25 bits per heavy atom. The number of fused-ring (bicyclic) bond motifs is 1. The van der Waals surface area contributed by atoms with E-state index in [1.165, 1.54) is 4.88 Å². The van der Waals surface area contributed by atoms with Crippen LogP contribution in [0.25, 0.3) is 11.8 Å². The van der Waals surface area contributed by atoms with Crippen molar-refractivity contribution in [3.63, 3.8) is 0 Å². The highest BCUT2D eigenvalue weighted by molar-refractivity contribution is 7.12. The minimum Gasteiger partial charge on any atom is -0.504 e. The van der Waals surface area contributed by atoms with Crippen LogP contribution in [0.5, 0.6) is 0 Å².